The van der Waals surface area contributed by atoms with Gasteiger partial charge in [0.2, 0.25) is 0 Å². The molecule has 18 heavy (non-hydrogen) atoms. The van der Waals surface area contributed by atoms with Crippen molar-refractivity contribution in [1.82, 2.24) is 4.90 Å². The molecule has 1 aliphatic carbocycles. The summed E-state index contributed by atoms with van der Waals surface area (Å²) in [5.41, 5.74) is 6.01. The monoisotopic (exact) mass is 253 g/mol. The van der Waals surface area contributed by atoms with E-state index in [0.717, 1.165) is 18.9 Å². The molecule has 0 saturated heterocycles. The third-order valence-corrected chi connectivity index (χ3v) is 4.46. The molecule has 1 unspecified atom stereocenters. The Kier molecular flexibility index (Phi) is 3.58. The lowest BCUT2D eigenvalue weighted by Crippen LogP contribution is -2.56. The van der Waals surface area contributed by atoms with Crippen molar-refractivity contribution in [3.05, 3.63) is 0 Å². The summed E-state index contributed by atoms with van der Waals surface area (Å²) in [6.07, 6.45) is 6.09. The molecule has 4 heteroatoms. The summed E-state index contributed by atoms with van der Waals surface area (Å²) in [4.78, 5) is 6.87. The van der Waals surface area contributed by atoms with E-state index in [1.54, 1.807) is 7.11 Å². The molecule has 1 saturated carbocycles. The first-order valence-corrected chi connectivity index (χ1v) is 7.02. The summed E-state index contributed by atoms with van der Waals surface area (Å²) in [5.74, 6) is 0.733. The van der Waals surface area contributed by atoms with E-state index in [-0.39, 0.29) is 11.1 Å². The Morgan fingerprint density at radius 3 is 2.61 bits per heavy atom. The zero-order valence-corrected chi connectivity index (χ0v) is 12.2. The van der Waals surface area contributed by atoms with E-state index in [0.29, 0.717) is 6.04 Å². The first-order chi connectivity index (χ1) is 8.38. The van der Waals surface area contributed by atoms with Crippen LogP contribution >= 0.6 is 0 Å². The Labute approximate surface area is 111 Å². The van der Waals surface area contributed by atoms with Crippen molar-refractivity contribution in [1.29, 1.82) is 0 Å². The van der Waals surface area contributed by atoms with Gasteiger partial charge < -0.3 is 15.4 Å². The molecule has 0 bridgehead atoms. The molecule has 0 aromatic heterocycles. The number of nitrogens with two attached hydrogens (primary N) is 1. The van der Waals surface area contributed by atoms with Crippen LogP contribution < -0.4 is 5.73 Å². The Morgan fingerprint density at radius 2 is 2.06 bits per heavy atom. The van der Waals surface area contributed by atoms with Gasteiger partial charge in [0.05, 0.1) is 17.7 Å². The number of rotatable bonds is 4. The van der Waals surface area contributed by atoms with Crippen LogP contribution in [0.3, 0.4) is 0 Å². The Hall–Kier alpha value is -0.770. The van der Waals surface area contributed by atoms with Crippen LogP contribution in [0.1, 0.15) is 52.9 Å². The number of ether oxygens (including phenoxy) is 1. The zero-order chi connectivity index (χ0) is 13.4. The summed E-state index contributed by atoms with van der Waals surface area (Å²) >= 11 is 0. The number of nitrogens with zero attached hydrogens (tertiary/aromatic N) is 2. The molecule has 0 aromatic rings. The standard InChI is InChI=1S/C14H27N3O/c1-13(2,18-4)9-14(3)10-16-12(15)17(14)11-7-5-6-8-11/h11H,5-10H2,1-4H3,(H2,15,16). The highest BCUT2D eigenvalue weighted by Crippen LogP contribution is 2.37. The fraction of sp³-hybridized carbons (Fsp3) is 0.929. The van der Waals surface area contributed by atoms with E-state index in [1.165, 1.54) is 25.7 Å². The van der Waals surface area contributed by atoms with Crippen molar-refractivity contribution in [2.45, 2.75) is 70.1 Å². The molecular formula is C14H27N3O. The second kappa shape index (κ2) is 4.72. The maximum atomic E-state index is 6.13. The van der Waals surface area contributed by atoms with E-state index >= 15 is 0 Å². The van der Waals surface area contributed by atoms with E-state index in [2.05, 4.69) is 30.7 Å². The van der Waals surface area contributed by atoms with Crippen LogP contribution in [-0.2, 0) is 4.74 Å². The maximum absolute atomic E-state index is 6.13. The van der Waals surface area contributed by atoms with E-state index in [4.69, 9.17) is 10.5 Å². The van der Waals surface area contributed by atoms with Gasteiger partial charge in [0.25, 0.3) is 0 Å². The lowest BCUT2D eigenvalue weighted by molar-refractivity contribution is -0.0223. The lowest BCUT2D eigenvalue weighted by Gasteiger charge is -2.44. The molecule has 0 radical (unpaired) electrons. The van der Waals surface area contributed by atoms with Gasteiger partial charge in [-0.15, -0.1) is 0 Å². The van der Waals surface area contributed by atoms with Crippen LogP contribution in [-0.4, -0.2) is 41.7 Å². The van der Waals surface area contributed by atoms with Gasteiger partial charge in [0.15, 0.2) is 5.96 Å². The zero-order valence-electron chi connectivity index (χ0n) is 12.2. The molecule has 104 valence electrons. The lowest BCUT2D eigenvalue weighted by atomic mass is 9.86. The molecule has 0 aromatic carbocycles. The van der Waals surface area contributed by atoms with Crippen molar-refractivity contribution in [3.8, 4) is 0 Å². The summed E-state index contributed by atoms with van der Waals surface area (Å²) in [6, 6.07) is 0.578. The molecule has 2 aliphatic rings. The Bertz CT molecular complexity index is 334. The highest BCUT2D eigenvalue weighted by Gasteiger charge is 2.45. The predicted molar refractivity (Wildman–Crippen MR) is 74.7 cm³/mol. The summed E-state index contributed by atoms with van der Waals surface area (Å²) in [5, 5.41) is 0. The van der Waals surface area contributed by atoms with Gasteiger partial charge in [-0.1, -0.05) is 12.8 Å². The molecule has 0 spiro atoms. The minimum absolute atomic E-state index is 0.0125. The topological polar surface area (TPSA) is 50.9 Å². The number of hydrogen-bond donors (Lipinski definition) is 1. The molecular weight excluding hydrogens is 226 g/mol. The first-order valence-electron chi connectivity index (χ1n) is 7.02. The van der Waals surface area contributed by atoms with Crippen LogP contribution in [0.15, 0.2) is 4.99 Å². The smallest absolute Gasteiger partial charge is 0.192 e. The Balaban J connectivity index is 2.15. The second-order valence-corrected chi connectivity index (χ2v) is 6.62. The van der Waals surface area contributed by atoms with Gasteiger partial charge in [-0.25, -0.2) is 0 Å². The van der Waals surface area contributed by atoms with E-state index in [9.17, 15) is 0 Å². The molecule has 0 amide bonds. The van der Waals surface area contributed by atoms with Crippen LogP contribution in [0.25, 0.3) is 0 Å². The van der Waals surface area contributed by atoms with Gasteiger partial charge in [-0.3, -0.25) is 4.99 Å². The highest BCUT2D eigenvalue weighted by molar-refractivity contribution is 5.81. The minimum Gasteiger partial charge on any atom is -0.379 e. The fourth-order valence-electron chi connectivity index (χ4n) is 3.60. The average Bonchev–Trinajstić information content (AvgIpc) is 2.87. The van der Waals surface area contributed by atoms with Crippen molar-refractivity contribution in [3.63, 3.8) is 0 Å². The predicted octanol–water partition coefficient (Wildman–Crippen LogP) is 2.13. The van der Waals surface area contributed by atoms with E-state index in [1.807, 2.05) is 0 Å². The summed E-state index contributed by atoms with van der Waals surface area (Å²) < 4.78 is 5.59. The molecule has 1 fully saturated rings. The molecule has 2 rings (SSSR count). The van der Waals surface area contributed by atoms with Crippen molar-refractivity contribution >= 4 is 5.96 Å². The van der Waals surface area contributed by atoms with Gasteiger partial charge >= 0.3 is 0 Å². The second-order valence-electron chi connectivity index (χ2n) is 6.62. The summed E-state index contributed by atoms with van der Waals surface area (Å²) in [6.45, 7) is 7.34. The minimum atomic E-state index is -0.133. The number of aliphatic imine (C=N–C) groups is 1. The molecule has 1 aliphatic heterocycles. The fourth-order valence-corrected chi connectivity index (χ4v) is 3.60. The molecule has 1 heterocycles. The average molecular weight is 253 g/mol. The number of guanidine groups is 1. The summed E-state index contributed by atoms with van der Waals surface area (Å²) in [7, 11) is 1.78. The van der Waals surface area contributed by atoms with E-state index < -0.39 is 0 Å². The molecule has 2 N–H and O–H groups in total. The SMILES string of the molecule is COC(C)(C)CC1(C)CN=C(N)N1C1CCCC1. The van der Waals surface area contributed by atoms with Crippen LogP contribution in [0.5, 0.6) is 0 Å². The quantitative estimate of drug-likeness (QED) is 0.835. The first kappa shape index (κ1) is 13.7. The molecule has 4 nitrogen and oxygen atoms in total. The van der Waals surface area contributed by atoms with Crippen LogP contribution in [0.2, 0.25) is 0 Å². The van der Waals surface area contributed by atoms with Crippen LogP contribution in [0.4, 0.5) is 0 Å². The van der Waals surface area contributed by atoms with Crippen molar-refractivity contribution in [2.75, 3.05) is 13.7 Å². The largest absolute Gasteiger partial charge is 0.379 e. The normalized spacial score (nSPS) is 30.0. The van der Waals surface area contributed by atoms with Crippen molar-refractivity contribution < 1.29 is 4.74 Å². The molecule has 1 atom stereocenters. The third kappa shape index (κ3) is 2.48. The van der Waals surface area contributed by atoms with Gasteiger partial charge in [0.1, 0.15) is 0 Å². The number of hydrogen-bond acceptors (Lipinski definition) is 4. The highest BCUT2D eigenvalue weighted by atomic mass is 16.5. The van der Waals surface area contributed by atoms with Gasteiger partial charge in [0, 0.05) is 19.6 Å². The number of methoxy groups -OCH3 is 1. The third-order valence-electron chi connectivity index (χ3n) is 4.46. The van der Waals surface area contributed by atoms with Gasteiger partial charge in [-0.05, 0) is 33.6 Å². The maximum Gasteiger partial charge on any atom is 0.192 e. The van der Waals surface area contributed by atoms with Crippen LogP contribution in [0, 0.1) is 0 Å². The Morgan fingerprint density at radius 1 is 1.44 bits per heavy atom. The van der Waals surface area contributed by atoms with Gasteiger partial charge in [-0.2, -0.15) is 0 Å². The van der Waals surface area contributed by atoms with Crippen molar-refractivity contribution in [2.24, 2.45) is 10.7 Å².